The molecule has 26 heavy (non-hydrogen) atoms. The van der Waals surface area contributed by atoms with Gasteiger partial charge in [0.1, 0.15) is 5.82 Å². The first kappa shape index (κ1) is 18.1. The Kier molecular flexibility index (Phi) is 5.68. The lowest BCUT2D eigenvalue weighted by molar-refractivity contribution is 0.0601. The molecule has 6 heteroatoms. The highest BCUT2D eigenvalue weighted by molar-refractivity contribution is 5.94. The molecule has 1 aromatic carbocycles. The highest BCUT2D eigenvalue weighted by atomic mass is 35.5. The molecule has 1 atom stereocenters. The summed E-state index contributed by atoms with van der Waals surface area (Å²) in [5.41, 5.74) is 2.76. The van der Waals surface area contributed by atoms with E-state index in [1.807, 2.05) is 29.3 Å². The molecule has 1 unspecified atom stereocenters. The number of aromatic amines is 1. The second kappa shape index (κ2) is 8.15. The second-order valence-electron chi connectivity index (χ2n) is 6.29. The predicted octanol–water partition coefficient (Wildman–Crippen LogP) is 4.26. The minimum atomic E-state index is -0.00752. The van der Waals surface area contributed by atoms with Gasteiger partial charge in [-0.1, -0.05) is 30.3 Å². The van der Waals surface area contributed by atoms with E-state index in [1.54, 1.807) is 24.5 Å². The molecule has 0 saturated carbocycles. The van der Waals surface area contributed by atoms with Gasteiger partial charge in [0, 0.05) is 24.5 Å². The highest BCUT2D eigenvalue weighted by Crippen LogP contribution is 2.31. The molecule has 1 fully saturated rings. The number of H-pyrrole nitrogens is 1. The molecule has 2 aromatic heterocycles. The standard InChI is InChI=1S/C20H20N4O.ClH/c25-20(16-9-11-21-12-10-16)24-13-5-4-8-18(24)19-22-14-17(23-19)15-6-2-1-3-7-15;/h1-3,6-7,9-12,14,18H,4-5,8,13H2,(H,22,23);1H. The Morgan fingerprint density at radius 3 is 2.62 bits per heavy atom. The van der Waals surface area contributed by atoms with Gasteiger partial charge in [-0.05, 0) is 37.0 Å². The molecule has 0 spiro atoms. The van der Waals surface area contributed by atoms with Gasteiger partial charge >= 0.3 is 0 Å². The number of pyridine rings is 1. The van der Waals surface area contributed by atoms with E-state index >= 15 is 0 Å². The van der Waals surface area contributed by atoms with Crippen LogP contribution in [0, 0.1) is 0 Å². The van der Waals surface area contributed by atoms with Crippen LogP contribution in [0.5, 0.6) is 0 Å². The van der Waals surface area contributed by atoms with Crippen molar-refractivity contribution in [3.05, 3.63) is 72.4 Å². The summed E-state index contributed by atoms with van der Waals surface area (Å²) in [5, 5.41) is 0. The number of carbonyl (C=O) groups excluding carboxylic acids is 1. The van der Waals surface area contributed by atoms with Gasteiger partial charge in [-0.2, -0.15) is 0 Å². The van der Waals surface area contributed by atoms with Crippen LogP contribution in [0.25, 0.3) is 11.3 Å². The van der Waals surface area contributed by atoms with E-state index < -0.39 is 0 Å². The van der Waals surface area contributed by atoms with Gasteiger partial charge in [-0.25, -0.2) is 4.98 Å². The number of likely N-dealkylation sites (tertiary alicyclic amines) is 1. The van der Waals surface area contributed by atoms with Gasteiger partial charge < -0.3 is 9.88 Å². The molecule has 4 rings (SSSR count). The molecule has 3 aromatic rings. The first-order chi connectivity index (χ1) is 12.3. The fourth-order valence-corrected chi connectivity index (χ4v) is 3.39. The molecule has 3 heterocycles. The van der Waals surface area contributed by atoms with E-state index in [9.17, 15) is 4.79 Å². The molecule has 1 aliphatic heterocycles. The first-order valence-electron chi connectivity index (χ1n) is 8.64. The summed E-state index contributed by atoms with van der Waals surface area (Å²) >= 11 is 0. The molecular formula is C20H21ClN4O. The SMILES string of the molecule is Cl.O=C(c1ccncc1)N1CCCCC1c1ncc(-c2ccccc2)[nH]1. The zero-order valence-corrected chi connectivity index (χ0v) is 15.2. The Hall–Kier alpha value is -2.66. The molecule has 1 aliphatic rings. The van der Waals surface area contributed by atoms with Gasteiger partial charge in [0.15, 0.2) is 0 Å². The lowest BCUT2D eigenvalue weighted by Gasteiger charge is -2.34. The number of imidazole rings is 1. The van der Waals surface area contributed by atoms with Crippen LogP contribution in [0.15, 0.2) is 61.1 Å². The summed E-state index contributed by atoms with van der Waals surface area (Å²) < 4.78 is 0. The summed E-state index contributed by atoms with van der Waals surface area (Å²) in [5.74, 6) is 0.908. The summed E-state index contributed by atoms with van der Waals surface area (Å²) in [6.45, 7) is 0.757. The zero-order chi connectivity index (χ0) is 17.1. The zero-order valence-electron chi connectivity index (χ0n) is 14.3. The fraction of sp³-hybridized carbons (Fsp3) is 0.250. The number of hydrogen-bond acceptors (Lipinski definition) is 3. The summed E-state index contributed by atoms with van der Waals surface area (Å²) in [7, 11) is 0. The first-order valence-corrected chi connectivity index (χ1v) is 8.64. The van der Waals surface area contributed by atoms with Crippen molar-refractivity contribution in [2.45, 2.75) is 25.3 Å². The number of amides is 1. The molecule has 1 amide bonds. The normalized spacial score (nSPS) is 16.8. The third kappa shape index (κ3) is 3.63. The highest BCUT2D eigenvalue weighted by Gasteiger charge is 2.30. The molecule has 1 saturated heterocycles. The minimum Gasteiger partial charge on any atom is -0.340 e. The van der Waals surface area contributed by atoms with Crippen LogP contribution >= 0.6 is 12.4 Å². The van der Waals surface area contributed by atoms with Crippen LogP contribution in [0.1, 0.15) is 41.5 Å². The van der Waals surface area contributed by atoms with Crippen LogP contribution in [0.2, 0.25) is 0 Å². The number of halogens is 1. The maximum absolute atomic E-state index is 12.9. The van der Waals surface area contributed by atoms with E-state index in [1.165, 1.54) is 0 Å². The average Bonchev–Trinajstić information content (AvgIpc) is 3.19. The van der Waals surface area contributed by atoms with Crippen molar-refractivity contribution in [3.8, 4) is 11.3 Å². The molecule has 0 aliphatic carbocycles. The molecule has 5 nitrogen and oxygen atoms in total. The van der Waals surface area contributed by atoms with E-state index in [0.717, 1.165) is 42.9 Å². The number of aromatic nitrogens is 3. The Morgan fingerprint density at radius 1 is 1.08 bits per heavy atom. The summed E-state index contributed by atoms with van der Waals surface area (Å²) in [4.78, 5) is 26.9. The molecular weight excluding hydrogens is 348 g/mol. The third-order valence-corrected chi connectivity index (χ3v) is 4.69. The number of nitrogens with zero attached hydrogens (tertiary/aromatic N) is 3. The van der Waals surface area contributed by atoms with Gasteiger partial charge in [0.2, 0.25) is 0 Å². The van der Waals surface area contributed by atoms with Gasteiger partial charge in [0.25, 0.3) is 5.91 Å². The van der Waals surface area contributed by atoms with Gasteiger partial charge in [-0.15, -0.1) is 12.4 Å². The maximum atomic E-state index is 12.9. The van der Waals surface area contributed by atoms with Gasteiger partial charge in [0.05, 0.1) is 17.9 Å². The van der Waals surface area contributed by atoms with Crippen molar-refractivity contribution in [2.75, 3.05) is 6.54 Å². The van der Waals surface area contributed by atoms with E-state index in [4.69, 9.17) is 0 Å². The largest absolute Gasteiger partial charge is 0.340 e. The fourth-order valence-electron chi connectivity index (χ4n) is 3.39. The summed E-state index contributed by atoms with van der Waals surface area (Å²) in [6, 6.07) is 13.7. The Balaban J connectivity index is 0.00000196. The van der Waals surface area contributed by atoms with E-state index in [2.05, 4.69) is 27.1 Å². The Labute approximate surface area is 158 Å². The van der Waals surface area contributed by atoms with Crippen LogP contribution in [-0.4, -0.2) is 32.3 Å². The number of piperidine rings is 1. The summed E-state index contributed by atoms with van der Waals surface area (Å²) in [6.07, 6.45) is 8.23. The third-order valence-electron chi connectivity index (χ3n) is 4.69. The number of carbonyl (C=O) groups is 1. The van der Waals surface area contributed by atoms with Gasteiger partial charge in [-0.3, -0.25) is 9.78 Å². The number of hydrogen-bond donors (Lipinski definition) is 1. The molecule has 1 N–H and O–H groups in total. The van der Waals surface area contributed by atoms with Crippen molar-refractivity contribution in [2.24, 2.45) is 0 Å². The molecule has 0 radical (unpaired) electrons. The Morgan fingerprint density at radius 2 is 1.85 bits per heavy atom. The van der Waals surface area contributed by atoms with Crippen molar-refractivity contribution in [3.63, 3.8) is 0 Å². The minimum absolute atomic E-state index is 0. The molecule has 0 bridgehead atoms. The average molecular weight is 369 g/mol. The number of benzene rings is 1. The topological polar surface area (TPSA) is 61.9 Å². The van der Waals surface area contributed by atoms with Crippen LogP contribution in [0.3, 0.4) is 0 Å². The smallest absolute Gasteiger partial charge is 0.254 e. The van der Waals surface area contributed by atoms with Crippen molar-refractivity contribution in [1.29, 1.82) is 0 Å². The maximum Gasteiger partial charge on any atom is 0.254 e. The van der Waals surface area contributed by atoms with Crippen molar-refractivity contribution < 1.29 is 4.79 Å². The predicted molar refractivity (Wildman–Crippen MR) is 103 cm³/mol. The van der Waals surface area contributed by atoms with Crippen LogP contribution in [0.4, 0.5) is 0 Å². The quantitative estimate of drug-likeness (QED) is 0.751. The van der Waals surface area contributed by atoms with Crippen LogP contribution in [-0.2, 0) is 0 Å². The van der Waals surface area contributed by atoms with E-state index in [0.29, 0.717) is 5.56 Å². The van der Waals surface area contributed by atoms with E-state index in [-0.39, 0.29) is 24.4 Å². The Bertz CT molecular complexity index is 851. The monoisotopic (exact) mass is 368 g/mol. The number of rotatable bonds is 3. The van der Waals surface area contributed by atoms with Crippen molar-refractivity contribution >= 4 is 18.3 Å². The lowest BCUT2D eigenvalue weighted by atomic mass is 10.0. The molecule has 134 valence electrons. The second-order valence-corrected chi connectivity index (χ2v) is 6.29. The lowest BCUT2D eigenvalue weighted by Crippen LogP contribution is -2.39. The van der Waals surface area contributed by atoms with Crippen molar-refractivity contribution in [1.82, 2.24) is 19.9 Å². The number of nitrogens with one attached hydrogen (secondary N) is 1. The van der Waals surface area contributed by atoms with Crippen LogP contribution < -0.4 is 0 Å².